The van der Waals surface area contributed by atoms with Crippen molar-refractivity contribution in [3.05, 3.63) is 35.5 Å². The SMILES string of the molecule is C=C1/C(=C\C=C2/CCC[C@]3(C)[C@@H]([C@H](C)CCCC(C)C)CC[C@@H]23)C[C@@H](O[C@@H]2O[C@H](COC(C)=O)[C@@H](OC(C)=O)[C@H](OC(C)=O)[C@H]2OC(C)=O)C[C@@H]1O. The Morgan fingerprint density at radius 1 is 0.923 bits per heavy atom. The number of ether oxygens (including phenoxy) is 6. The Kier molecular flexibility index (Phi) is 14.7. The van der Waals surface area contributed by atoms with Crippen molar-refractivity contribution in [1.29, 1.82) is 0 Å². The molecule has 3 aliphatic carbocycles. The number of fused-ring (bicyclic) bond motifs is 1. The van der Waals surface area contributed by atoms with Gasteiger partial charge in [-0.25, -0.2) is 0 Å². The summed E-state index contributed by atoms with van der Waals surface area (Å²) >= 11 is 0. The van der Waals surface area contributed by atoms with Gasteiger partial charge >= 0.3 is 23.9 Å². The zero-order chi connectivity index (χ0) is 38.3. The van der Waals surface area contributed by atoms with Gasteiger partial charge in [-0.3, -0.25) is 19.2 Å². The van der Waals surface area contributed by atoms with Gasteiger partial charge in [0.15, 0.2) is 24.6 Å². The van der Waals surface area contributed by atoms with Gasteiger partial charge in [-0.15, -0.1) is 0 Å². The number of esters is 4. The van der Waals surface area contributed by atoms with Crippen LogP contribution in [-0.2, 0) is 47.6 Å². The summed E-state index contributed by atoms with van der Waals surface area (Å²) in [5, 5.41) is 11.1. The van der Waals surface area contributed by atoms with Crippen molar-refractivity contribution in [2.24, 2.45) is 29.1 Å². The molecule has 4 aliphatic rings. The second kappa shape index (κ2) is 18.3. The van der Waals surface area contributed by atoms with Gasteiger partial charge in [0.1, 0.15) is 12.7 Å². The van der Waals surface area contributed by atoms with Gasteiger partial charge in [0, 0.05) is 34.1 Å². The van der Waals surface area contributed by atoms with E-state index in [1.807, 2.05) is 0 Å². The van der Waals surface area contributed by atoms with Crippen molar-refractivity contribution in [1.82, 2.24) is 0 Å². The Bertz CT molecular complexity index is 1370. The van der Waals surface area contributed by atoms with Crippen LogP contribution in [-0.4, -0.2) is 78.5 Å². The lowest BCUT2D eigenvalue weighted by Gasteiger charge is -2.45. The summed E-state index contributed by atoms with van der Waals surface area (Å²) in [6.45, 7) is 18.2. The first kappa shape index (κ1) is 41.7. The topological polar surface area (TPSA) is 144 Å². The van der Waals surface area contributed by atoms with Crippen LogP contribution in [0.15, 0.2) is 35.5 Å². The van der Waals surface area contributed by atoms with Gasteiger partial charge in [0.25, 0.3) is 0 Å². The smallest absolute Gasteiger partial charge is 0.303 e. The summed E-state index contributed by atoms with van der Waals surface area (Å²) in [4.78, 5) is 48.4. The molecule has 1 N–H and O–H groups in total. The van der Waals surface area contributed by atoms with Crippen LogP contribution < -0.4 is 0 Å². The van der Waals surface area contributed by atoms with E-state index in [9.17, 15) is 24.3 Å². The average Bonchev–Trinajstić information content (AvgIpc) is 3.40. The molecule has 1 saturated heterocycles. The van der Waals surface area contributed by atoms with Gasteiger partial charge in [-0.05, 0) is 78.8 Å². The minimum absolute atomic E-state index is 0.191. The number of aliphatic hydroxyl groups is 1. The third-order valence-corrected chi connectivity index (χ3v) is 11.7. The van der Waals surface area contributed by atoms with E-state index in [1.165, 1.54) is 71.8 Å². The van der Waals surface area contributed by atoms with E-state index in [4.69, 9.17) is 28.4 Å². The quantitative estimate of drug-likeness (QED) is 0.160. The zero-order valence-electron chi connectivity index (χ0n) is 32.5. The van der Waals surface area contributed by atoms with Gasteiger partial charge in [0.2, 0.25) is 0 Å². The molecule has 0 radical (unpaired) electrons. The van der Waals surface area contributed by atoms with Crippen LogP contribution in [0.4, 0.5) is 0 Å². The number of carbonyl (C=O) groups excluding carboxylic acids is 4. The molecular weight excluding hydrogens is 668 g/mol. The summed E-state index contributed by atoms with van der Waals surface area (Å²) in [6, 6.07) is 0. The van der Waals surface area contributed by atoms with Crippen molar-refractivity contribution < 1.29 is 52.7 Å². The largest absolute Gasteiger partial charge is 0.463 e. The molecule has 292 valence electrons. The molecule has 0 unspecified atom stereocenters. The zero-order valence-corrected chi connectivity index (χ0v) is 32.5. The Labute approximate surface area is 309 Å². The minimum Gasteiger partial charge on any atom is -0.463 e. The first-order valence-corrected chi connectivity index (χ1v) is 19.2. The molecular formula is C41H62O11. The van der Waals surface area contributed by atoms with E-state index in [-0.39, 0.29) is 18.4 Å². The van der Waals surface area contributed by atoms with Crippen LogP contribution in [0.2, 0.25) is 0 Å². The van der Waals surface area contributed by atoms with Gasteiger partial charge < -0.3 is 33.5 Å². The normalized spacial score (nSPS) is 35.6. The number of rotatable bonds is 13. The molecule has 0 aromatic carbocycles. The third kappa shape index (κ3) is 10.6. The number of allylic oxidation sites excluding steroid dienone is 3. The summed E-state index contributed by atoms with van der Waals surface area (Å²) in [6.07, 6.45) is 6.81. The van der Waals surface area contributed by atoms with Crippen LogP contribution in [0, 0.1) is 29.1 Å². The van der Waals surface area contributed by atoms with E-state index in [2.05, 4.69) is 46.4 Å². The monoisotopic (exact) mass is 730 g/mol. The molecule has 3 saturated carbocycles. The maximum atomic E-state index is 12.3. The number of aliphatic hydroxyl groups excluding tert-OH is 1. The fraction of sp³-hybridized carbons (Fsp3) is 0.756. The summed E-state index contributed by atoms with van der Waals surface area (Å²) in [7, 11) is 0. The molecule has 0 aromatic heterocycles. The van der Waals surface area contributed by atoms with Crippen LogP contribution in [0.5, 0.6) is 0 Å². The maximum Gasteiger partial charge on any atom is 0.303 e. The molecule has 1 heterocycles. The Balaban J connectivity index is 1.56. The van der Waals surface area contributed by atoms with Crippen LogP contribution in [0.3, 0.4) is 0 Å². The van der Waals surface area contributed by atoms with E-state index >= 15 is 0 Å². The molecule has 11 nitrogen and oxygen atoms in total. The fourth-order valence-corrected chi connectivity index (χ4v) is 9.30. The molecule has 52 heavy (non-hydrogen) atoms. The van der Waals surface area contributed by atoms with Crippen LogP contribution >= 0.6 is 0 Å². The minimum atomic E-state index is -1.33. The predicted octanol–water partition coefficient (Wildman–Crippen LogP) is 6.70. The van der Waals surface area contributed by atoms with Crippen LogP contribution in [0.25, 0.3) is 0 Å². The standard InChI is InChI=1S/C41H62O11/c1-23(2)12-10-13-24(3)33-17-18-34-30(14-11-19-41(33,34)9)15-16-31-20-32(21-35(46)25(31)4)51-40-39(50-29(8)45)38(49-28(7)44)37(48-27(6)43)36(52-40)22-47-26(5)42/h15-16,23-24,32-40,46H,4,10-14,17-22H2,1-3,5-9H3/b30-15+,31-16-/t24-,32-,33-,34+,35+,36-,37-,38+,39-,40-,41-/m1/s1. The Morgan fingerprint density at radius 3 is 2.21 bits per heavy atom. The van der Waals surface area contributed by atoms with Gasteiger partial charge in [-0.2, -0.15) is 0 Å². The number of hydrogen-bond acceptors (Lipinski definition) is 11. The number of hydrogen-bond donors (Lipinski definition) is 1. The van der Waals surface area contributed by atoms with Crippen molar-refractivity contribution in [3.8, 4) is 0 Å². The first-order chi connectivity index (χ1) is 24.5. The molecule has 4 rings (SSSR count). The van der Waals surface area contributed by atoms with Crippen molar-refractivity contribution in [2.45, 2.75) is 163 Å². The lowest BCUT2D eigenvalue weighted by atomic mass is 9.60. The van der Waals surface area contributed by atoms with Crippen molar-refractivity contribution in [3.63, 3.8) is 0 Å². The molecule has 11 heteroatoms. The highest BCUT2D eigenvalue weighted by atomic mass is 16.7. The molecule has 0 spiro atoms. The number of carbonyl (C=O) groups is 4. The van der Waals surface area contributed by atoms with E-state index in [0.29, 0.717) is 29.7 Å². The second-order valence-corrected chi connectivity index (χ2v) is 16.1. The Hall–Kier alpha value is -3.02. The van der Waals surface area contributed by atoms with Crippen LogP contribution in [0.1, 0.15) is 120 Å². The van der Waals surface area contributed by atoms with Crippen molar-refractivity contribution >= 4 is 23.9 Å². The first-order valence-electron chi connectivity index (χ1n) is 19.2. The van der Waals surface area contributed by atoms with Gasteiger partial charge in [-0.1, -0.05) is 71.3 Å². The highest BCUT2D eigenvalue weighted by molar-refractivity contribution is 5.68. The summed E-state index contributed by atoms with van der Waals surface area (Å²) in [5.74, 6) is -0.0533. The third-order valence-electron chi connectivity index (χ3n) is 11.7. The molecule has 1 aliphatic heterocycles. The fourth-order valence-electron chi connectivity index (χ4n) is 9.30. The summed E-state index contributed by atoms with van der Waals surface area (Å²) < 4.78 is 34.4. The molecule has 0 aromatic rings. The lowest BCUT2D eigenvalue weighted by Crippen LogP contribution is -2.63. The van der Waals surface area contributed by atoms with Crippen molar-refractivity contribution in [2.75, 3.05) is 6.61 Å². The Morgan fingerprint density at radius 2 is 1.58 bits per heavy atom. The average molecular weight is 731 g/mol. The molecule has 0 amide bonds. The molecule has 4 fully saturated rings. The molecule has 11 atom stereocenters. The van der Waals surface area contributed by atoms with E-state index in [0.717, 1.165) is 24.3 Å². The van der Waals surface area contributed by atoms with E-state index < -0.39 is 66.8 Å². The maximum absolute atomic E-state index is 12.3. The highest BCUT2D eigenvalue weighted by Gasteiger charge is 2.54. The van der Waals surface area contributed by atoms with E-state index in [1.54, 1.807) is 0 Å². The second-order valence-electron chi connectivity index (χ2n) is 16.1. The van der Waals surface area contributed by atoms with Gasteiger partial charge in [0.05, 0.1) is 12.2 Å². The highest BCUT2D eigenvalue weighted by Crippen LogP contribution is 2.60. The lowest BCUT2D eigenvalue weighted by molar-refractivity contribution is -0.318. The molecule has 0 bridgehead atoms. The predicted molar refractivity (Wildman–Crippen MR) is 193 cm³/mol. The summed E-state index contributed by atoms with van der Waals surface area (Å²) in [5.41, 5.74) is 3.22.